The zero-order valence-corrected chi connectivity index (χ0v) is 4.85. The first kappa shape index (κ1) is 6.13. The summed E-state index contributed by atoms with van der Waals surface area (Å²) in [5.41, 5.74) is 0. The van der Waals surface area contributed by atoms with Crippen LogP contribution in [0.3, 0.4) is 0 Å². The van der Waals surface area contributed by atoms with E-state index >= 15 is 0 Å². The number of Topliss-reactive ketones (excluding diaryl/α,β-unsaturated/α-hetero) is 3. The van der Waals surface area contributed by atoms with Crippen LogP contribution in [0.25, 0.3) is 0 Å². The Morgan fingerprint density at radius 2 is 1.56 bits per heavy atom. The van der Waals surface area contributed by atoms with Gasteiger partial charge in [0.1, 0.15) is 5.78 Å². The van der Waals surface area contributed by atoms with Crippen LogP contribution in [-0.2, 0) is 14.4 Å². The van der Waals surface area contributed by atoms with Gasteiger partial charge in [0.2, 0.25) is 5.78 Å². The van der Waals surface area contributed by atoms with E-state index in [1.54, 1.807) is 0 Å². The molecule has 0 atom stereocenters. The molecule has 48 valence electrons. The van der Waals surface area contributed by atoms with Crippen LogP contribution in [0.1, 0.15) is 19.3 Å². The van der Waals surface area contributed by atoms with Gasteiger partial charge in [-0.2, -0.15) is 0 Å². The molecule has 1 saturated carbocycles. The number of carbonyl (C=O) groups excluding carboxylic acids is 3. The van der Waals surface area contributed by atoms with Gasteiger partial charge >= 0.3 is 0 Å². The molecule has 1 aliphatic rings. The minimum Gasteiger partial charge on any atom is -0.299 e. The van der Waals surface area contributed by atoms with Gasteiger partial charge in [0, 0.05) is 12.8 Å². The molecule has 0 aromatic heterocycles. The van der Waals surface area contributed by atoms with Crippen LogP contribution in [0.4, 0.5) is 0 Å². The number of ketones is 3. The van der Waals surface area contributed by atoms with Crippen molar-refractivity contribution >= 4 is 17.3 Å². The molecule has 0 aliphatic heterocycles. The summed E-state index contributed by atoms with van der Waals surface area (Å²) < 4.78 is 0. The Hall–Kier alpha value is -0.990. The second-order valence-electron chi connectivity index (χ2n) is 2.06. The van der Waals surface area contributed by atoms with E-state index in [-0.39, 0.29) is 25.0 Å². The predicted molar refractivity (Wildman–Crippen MR) is 28.9 cm³/mol. The highest BCUT2D eigenvalue weighted by molar-refractivity contribution is 6.42. The average molecular weight is 126 g/mol. The normalized spacial score (nSPS) is 20.7. The summed E-state index contributed by atoms with van der Waals surface area (Å²) in [5, 5.41) is 0. The van der Waals surface area contributed by atoms with Crippen molar-refractivity contribution in [3.05, 3.63) is 0 Å². The third-order valence-electron chi connectivity index (χ3n) is 1.30. The summed E-state index contributed by atoms with van der Waals surface area (Å²) in [4.78, 5) is 31.3. The van der Waals surface area contributed by atoms with Crippen molar-refractivity contribution in [3.8, 4) is 0 Å². The van der Waals surface area contributed by atoms with Crippen molar-refractivity contribution < 1.29 is 14.4 Å². The topological polar surface area (TPSA) is 51.2 Å². The van der Waals surface area contributed by atoms with Gasteiger partial charge in [-0.05, 0) is 0 Å². The van der Waals surface area contributed by atoms with Crippen LogP contribution in [0.5, 0.6) is 0 Å². The Morgan fingerprint density at radius 1 is 0.889 bits per heavy atom. The molecule has 3 nitrogen and oxygen atoms in total. The van der Waals surface area contributed by atoms with E-state index < -0.39 is 11.6 Å². The van der Waals surface area contributed by atoms with E-state index in [2.05, 4.69) is 0 Å². The number of carbonyl (C=O) groups is 3. The molecule has 0 unspecified atom stereocenters. The number of rotatable bonds is 0. The van der Waals surface area contributed by atoms with Crippen molar-refractivity contribution in [2.45, 2.75) is 19.3 Å². The van der Waals surface area contributed by atoms with Crippen LogP contribution in [-0.4, -0.2) is 17.3 Å². The SMILES string of the molecule is O=C1CCC(=O)C(=O)C1. The minimum absolute atomic E-state index is 0.111. The fraction of sp³-hybridized carbons (Fsp3) is 0.500. The summed E-state index contributed by atoms with van der Waals surface area (Å²) in [6.07, 6.45) is 0.209. The summed E-state index contributed by atoms with van der Waals surface area (Å²) >= 11 is 0. The fourth-order valence-corrected chi connectivity index (χ4v) is 0.758. The molecule has 0 saturated heterocycles. The molecule has 0 spiro atoms. The zero-order chi connectivity index (χ0) is 6.85. The highest BCUT2D eigenvalue weighted by atomic mass is 16.2. The van der Waals surface area contributed by atoms with Crippen molar-refractivity contribution in [3.63, 3.8) is 0 Å². The fourth-order valence-electron chi connectivity index (χ4n) is 0.758. The summed E-state index contributed by atoms with van der Waals surface area (Å²) in [6.45, 7) is 0. The highest BCUT2D eigenvalue weighted by Crippen LogP contribution is 2.06. The molecule has 0 bridgehead atoms. The first-order valence-corrected chi connectivity index (χ1v) is 2.78. The van der Waals surface area contributed by atoms with Crippen molar-refractivity contribution in [2.75, 3.05) is 0 Å². The van der Waals surface area contributed by atoms with E-state index in [0.717, 1.165) is 0 Å². The molecule has 0 heterocycles. The molecule has 3 heteroatoms. The number of hydrogen-bond acceptors (Lipinski definition) is 3. The highest BCUT2D eigenvalue weighted by Gasteiger charge is 2.23. The summed E-state index contributed by atoms with van der Waals surface area (Å²) in [5.74, 6) is -1.03. The average Bonchev–Trinajstić information content (AvgIpc) is 1.80. The lowest BCUT2D eigenvalue weighted by Crippen LogP contribution is -2.24. The lowest BCUT2D eigenvalue weighted by Gasteiger charge is -2.04. The van der Waals surface area contributed by atoms with E-state index in [1.807, 2.05) is 0 Å². The minimum atomic E-state index is -0.522. The molecule has 0 amide bonds. The first-order chi connectivity index (χ1) is 4.20. The van der Waals surface area contributed by atoms with Crippen molar-refractivity contribution in [1.29, 1.82) is 0 Å². The molecular formula is C6H6O3. The molecular weight excluding hydrogens is 120 g/mol. The molecule has 9 heavy (non-hydrogen) atoms. The van der Waals surface area contributed by atoms with E-state index in [0.29, 0.717) is 0 Å². The Morgan fingerprint density at radius 3 is 2.00 bits per heavy atom. The smallest absolute Gasteiger partial charge is 0.205 e. The van der Waals surface area contributed by atoms with Gasteiger partial charge in [0.25, 0.3) is 0 Å². The third kappa shape index (κ3) is 1.22. The van der Waals surface area contributed by atoms with Crippen LogP contribution in [0.2, 0.25) is 0 Å². The second-order valence-corrected chi connectivity index (χ2v) is 2.06. The summed E-state index contributed by atoms with van der Waals surface area (Å²) in [6, 6.07) is 0. The van der Waals surface area contributed by atoms with Crippen LogP contribution >= 0.6 is 0 Å². The van der Waals surface area contributed by atoms with Crippen molar-refractivity contribution in [2.24, 2.45) is 0 Å². The third-order valence-corrected chi connectivity index (χ3v) is 1.30. The Kier molecular flexibility index (Phi) is 1.42. The van der Waals surface area contributed by atoms with Crippen LogP contribution < -0.4 is 0 Å². The summed E-state index contributed by atoms with van der Waals surface area (Å²) in [7, 11) is 0. The Bertz CT molecular complexity index is 181. The Labute approximate surface area is 52.0 Å². The maximum atomic E-state index is 10.4. The molecule has 0 radical (unpaired) electrons. The first-order valence-electron chi connectivity index (χ1n) is 2.78. The molecule has 0 N–H and O–H groups in total. The molecule has 1 rings (SSSR count). The van der Waals surface area contributed by atoms with Gasteiger partial charge in [-0.25, -0.2) is 0 Å². The number of hydrogen-bond donors (Lipinski definition) is 0. The predicted octanol–water partition coefficient (Wildman–Crippen LogP) is -0.122. The van der Waals surface area contributed by atoms with Gasteiger partial charge in [-0.3, -0.25) is 14.4 Å². The van der Waals surface area contributed by atoms with Crippen LogP contribution in [0.15, 0.2) is 0 Å². The van der Waals surface area contributed by atoms with E-state index in [1.165, 1.54) is 0 Å². The van der Waals surface area contributed by atoms with Crippen molar-refractivity contribution in [1.82, 2.24) is 0 Å². The lowest BCUT2D eigenvalue weighted by atomic mass is 9.97. The lowest BCUT2D eigenvalue weighted by molar-refractivity contribution is -0.141. The maximum absolute atomic E-state index is 10.4. The monoisotopic (exact) mass is 126 g/mol. The Balaban J connectivity index is 2.64. The molecule has 1 fully saturated rings. The molecule has 0 aromatic carbocycles. The van der Waals surface area contributed by atoms with E-state index in [4.69, 9.17) is 0 Å². The van der Waals surface area contributed by atoms with Gasteiger partial charge in [0.05, 0.1) is 6.42 Å². The maximum Gasteiger partial charge on any atom is 0.205 e. The van der Waals surface area contributed by atoms with Crippen LogP contribution in [0, 0.1) is 0 Å². The second kappa shape index (κ2) is 2.09. The van der Waals surface area contributed by atoms with E-state index in [9.17, 15) is 14.4 Å². The quantitative estimate of drug-likeness (QED) is 0.336. The standard InChI is InChI=1S/C6H6O3/c7-4-1-2-5(8)6(9)3-4/h1-3H2. The molecule has 0 aromatic rings. The van der Waals surface area contributed by atoms with Gasteiger partial charge in [-0.15, -0.1) is 0 Å². The largest absolute Gasteiger partial charge is 0.299 e. The van der Waals surface area contributed by atoms with Gasteiger partial charge in [0.15, 0.2) is 5.78 Å². The zero-order valence-electron chi connectivity index (χ0n) is 4.85. The molecule has 1 aliphatic carbocycles. The van der Waals surface area contributed by atoms with Gasteiger partial charge < -0.3 is 0 Å². The van der Waals surface area contributed by atoms with Gasteiger partial charge in [-0.1, -0.05) is 0 Å².